The van der Waals surface area contributed by atoms with Crippen LogP contribution in [0.25, 0.3) is 0 Å². The Labute approximate surface area is 160 Å². The van der Waals surface area contributed by atoms with E-state index in [1.807, 2.05) is 17.0 Å². The molecule has 2 saturated heterocycles. The van der Waals surface area contributed by atoms with E-state index in [1.165, 1.54) is 12.8 Å². The van der Waals surface area contributed by atoms with Crippen molar-refractivity contribution in [1.29, 1.82) is 0 Å². The Balaban J connectivity index is 1.40. The molecule has 1 unspecified atom stereocenters. The van der Waals surface area contributed by atoms with Crippen LogP contribution < -0.4 is 0 Å². The second kappa shape index (κ2) is 8.17. The van der Waals surface area contributed by atoms with Crippen molar-refractivity contribution in [3.05, 3.63) is 41.7 Å². The molecule has 7 nitrogen and oxygen atoms in total. The summed E-state index contributed by atoms with van der Waals surface area (Å²) in [5.74, 6) is 2.49. The topological polar surface area (TPSA) is 67.2 Å². The third-order valence-corrected chi connectivity index (χ3v) is 5.78. The molecule has 0 aliphatic carbocycles. The van der Waals surface area contributed by atoms with Gasteiger partial charge in [0.2, 0.25) is 5.91 Å². The molecule has 0 spiro atoms. The molecule has 4 heterocycles. The van der Waals surface area contributed by atoms with Crippen LogP contribution in [0.3, 0.4) is 0 Å². The Kier molecular flexibility index (Phi) is 5.48. The minimum Gasteiger partial charge on any atom is -0.342 e. The Morgan fingerprint density at radius 2 is 2.04 bits per heavy atom. The number of hydrogen-bond donors (Lipinski definition) is 0. The van der Waals surface area contributed by atoms with Crippen molar-refractivity contribution in [3.63, 3.8) is 0 Å². The summed E-state index contributed by atoms with van der Waals surface area (Å²) in [6.45, 7) is 4.74. The zero-order valence-corrected chi connectivity index (χ0v) is 16.0. The first kappa shape index (κ1) is 18.1. The number of nitrogens with zero attached hydrogens (tertiary/aromatic N) is 6. The average molecular weight is 368 g/mol. The molecule has 4 rings (SSSR count). The standard InChI is InChI=1S/C20H28N6O/c1-24-18(15-25-9-2-3-10-25)22-23-20(24)17-7-5-11-26(14-17)19(27)12-16-6-4-8-21-13-16/h4,6,8,13,17H,2-3,5,7,9-12,14-15H2,1H3. The average Bonchev–Trinajstić information content (AvgIpc) is 3.33. The van der Waals surface area contributed by atoms with Gasteiger partial charge in [-0.1, -0.05) is 6.07 Å². The molecule has 7 heteroatoms. The Morgan fingerprint density at radius 3 is 2.81 bits per heavy atom. The van der Waals surface area contributed by atoms with Crippen LogP contribution in [0.2, 0.25) is 0 Å². The van der Waals surface area contributed by atoms with Crippen molar-refractivity contribution in [3.8, 4) is 0 Å². The molecule has 2 aliphatic rings. The largest absolute Gasteiger partial charge is 0.342 e. The van der Waals surface area contributed by atoms with E-state index in [0.29, 0.717) is 6.42 Å². The maximum absolute atomic E-state index is 12.7. The predicted molar refractivity (Wildman–Crippen MR) is 102 cm³/mol. The van der Waals surface area contributed by atoms with Gasteiger partial charge in [-0.05, 0) is 50.4 Å². The van der Waals surface area contributed by atoms with E-state index in [1.54, 1.807) is 12.4 Å². The first-order chi connectivity index (χ1) is 13.2. The summed E-state index contributed by atoms with van der Waals surface area (Å²) >= 11 is 0. The summed E-state index contributed by atoms with van der Waals surface area (Å²) in [5.41, 5.74) is 0.969. The highest BCUT2D eigenvalue weighted by atomic mass is 16.2. The van der Waals surface area contributed by atoms with E-state index >= 15 is 0 Å². The van der Waals surface area contributed by atoms with Crippen molar-refractivity contribution < 1.29 is 4.79 Å². The molecule has 1 atom stereocenters. The highest BCUT2D eigenvalue weighted by Crippen LogP contribution is 2.26. The third-order valence-electron chi connectivity index (χ3n) is 5.78. The summed E-state index contributed by atoms with van der Waals surface area (Å²) in [5, 5.41) is 8.95. The fraction of sp³-hybridized carbons (Fsp3) is 0.600. The van der Waals surface area contributed by atoms with Crippen LogP contribution in [-0.2, 0) is 24.8 Å². The first-order valence-corrected chi connectivity index (χ1v) is 9.98. The summed E-state index contributed by atoms with van der Waals surface area (Å²) in [6.07, 6.45) is 8.55. The van der Waals surface area contributed by atoms with Gasteiger partial charge < -0.3 is 9.47 Å². The number of amides is 1. The van der Waals surface area contributed by atoms with Gasteiger partial charge in [0.15, 0.2) is 0 Å². The number of rotatable bonds is 5. The van der Waals surface area contributed by atoms with Crippen LogP contribution >= 0.6 is 0 Å². The molecule has 0 aromatic carbocycles. The van der Waals surface area contributed by atoms with E-state index in [-0.39, 0.29) is 11.8 Å². The normalized spacial score (nSPS) is 20.9. The molecule has 144 valence electrons. The van der Waals surface area contributed by atoms with Gasteiger partial charge in [0.05, 0.1) is 13.0 Å². The van der Waals surface area contributed by atoms with Gasteiger partial charge in [0.25, 0.3) is 0 Å². The number of carbonyl (C=O) groups is 1. The van der Waals surface area contributed by atoms with Gasteiger partial charge in [-0.3, -0.25) is 14.7 Å². The highest BCUT2D eigenvalue weighted by molar-refractivity contribution is 5.78. The summed E-state index contributed by atoms with van der Waals surface area (Å²) < 4.78 is 2.15. The molecule has 0 radical (unpaired) electrons. The van der Waals surface area contributed by atoms with Crippen LogP contribution in [-0.4, -0.2) is 61.6 Å². The summed E-state index contributed by atoms with van der Waals surface area (Å²) in [7, 11) is 2.07. The Hall–Kier alpha value is -2.28. The smallest absolute Gasteiger partial charge is 0.227 e. The van der Waals surface area contributed by atoms with Crippen molar-refractivity contribution in [1.82, 2.24) is 29.5 Å². The SMILES string of the molecule is Cn1c(CN2CCCC2)nnc1C1CCCN(C(=O)Cc2cccnc2)C1. The lowest BCUT2D eigenvalue weighted by Gasteiger charge is -2.32. The fourth-order valence-electron chi connectivity index (χ4n) is 4.21. The van der Waals surface area contributed by atoms with Crippen LogP contribution in [0.15, 0.2) is 24.5 Å². The Bertz CT molecular complexity index is 768. The maximum Gasteiger partial charge on any atom is 0.227 e. The van der Waals surface area contributed by atoms with E-state index < -0.39 is 0 Å². The van der Waals surface area contributed by atoms with Crippen molar-refractivity contribution in [2.45, 2.75) is 44.6 Å². The molecule has 0 bridgehead atoms. The molecule has 27 heavy (non-hydrogen) atoms. The zero-order valence-electron chi connectivity index (χ0n) is 16.0. The second-order valence-corrected chi connectivity index (χ2v) is 7.73. The number of pyridine rings is 1. The van der Waals surface area contributed by atoms with Crippen molar-refractivity contribution in [2.24, 2.45) is 7.05 Å². The molecular formula is C20H28N6O. The molecule has 2 aliphatic heterocycles. The molecule has 0 N–H and O–H groups in total. The Morgan fingerprint density at radius 1 is 1.19 bits per heavy atom. The van der Waals surface area contributed by atoms with Gasteiger partial charge in [0, 0.05) is 38.4 Å². The third kappa shape index (κ3) is 4.18. The van der Waals surface area contributed by atoms with Crippen LogP contribution in [0.4, 0.5) is 0 Å². The summed E-state index contributed by atoms with van der Waals surface area (Å²) in [4.78, 5) is 21.2. The minimum absolute atomic E-state index is 0.173. The highest BCUT2D eigenvalue weighted by Gasteiger charge is 2.28. The van der Waals surface area contributed by atoms with Gasteiger partial charge in [0.1, 0.15) is 11.6 Å². The molecule has 2 fully saturated rings. The van der Waals surface area contributed by atoms with Gasteiger partial charge in [-0.2, -0.15) is 0 Å². The zero-order chi connectivity index (χ0) is 18.6. The van der Waals surface area contributed by atoms with Crippen molar-refractivity contribution >= 4 is 5.91 Å². The van der Waals surface area contributed by atoms with Gasteiger partial charge in [-0.15, -0.1) is 10.2 Å². The molecular weight excluding hydrogens is 340 g/mol. The van der Waals surface area contributed by atoms with E-state index in [4.69, 9.17) is 0 Å². The number of carbonyl (C=O) groups excluding carboxylic acids is 1. The summed E-state index contributed by atoms with van der Waals surface area (Å²) in [6, 6.07) is 3.84. The molecule has 2 aromatic rings. The van der Waals surface area contributed by atoms with E-state index in [0.717, 1.165) is 62.8 Å². The molecule has 1 amide bonds. The minimum atomic E-state index is 0.173. The predicted octanol–water partition coefficient (Wildman–Crippen LogP) is 1.75. The second-order valence-electron chi connectivity index (χ2n) is 7.73. The van der Waals surface area contributed by atoms with Gasteiger partial charge in [-0.25, -0.2) is 0 Å². The lowest BCUT2D eigenvalue weighted by atomic mass is 9.96. The fourth-order valence-corrected chi connectivity index (χ4v) is 4.21. The first-order valence-electron chi connectivity index (χ1n) is 9.98. The van der Waals surface area contributed by atoms with Crippen LogP contribution in [0.5, 0.6) is 0 Å². The number of likely N-dealkylation sites (tertiary alicyclic amines) is 2. The lowest BCUT2D eigenvalue weighted by molar-refractivity contribution is -0.131. The number of hydrogen-bond acceptors (Lipinski definition) is 5. The van der Waals surface area contributed by atoms with E-state index in [9.17, 15) is 4.79 Å². The maximum atomic E-state index is 12.7. The van der Waals surface area contributed by atoms with Crippen molar-refractivity contribution in [2.75, 3.05) is 26.2 Å². The quantitative estimate of drug-likeness (QED) is 0.804. The molecule has 2 aromatic heterocycles. The monoisotopic (exact) mass is 368 g/mol. The van der Waals surface area contributed by atoms with Crippen LogP contribution in [0.1, 0.15) is 48.8 Å². The number of aromatic nitrogens is 4. The molecule has 0 saturated carbocycles. The lowest BCUT2D eigenvalue weighted by Crippen LogP contribution is -2.40. The van der Waals surface area contributed by atoms with E-state index in [2.05, 4.69) is 31.7 Å². The number of piperidine rings is 1. The van der Waals surface area contributed by atoms with Gasteiger partial charge >= 0.3 is 0 Å². The van der Waals surface area contributed by atoms with Crippen LogP contribution in [0, 0.1) is 0 Å².